The van der Waals surface area contributed by atoms with Gasteiger partial charge in [-0.15, -0.1) is 0 Å². The Hall–Kier alpha value is -2.09. The predicted octanol–water partition coefficient (Wildman–Crippen LogP) is 4.69. The molecule has 0 saturated heterocycles. The highest BCUT2D eigenvalue weighted by atomic mass is 15.2. The van der Waals surface area contributed by atoms with Crippen molar-refractivity contribution in [1.29, 1.82) is 0 Å². The minimum Gasteiger partial charge on any atom is -0.326 e. The van der Waals surface area contributed by atoms with Crippen molar-refractivity contribution in [2.45, 2.75) is 32.9 Å². The normalized spacial score (nSPS) is 12.8. The Labute approximate surface area is 121 Å². The zero-order valence-electron chi connectivity index (χ0n) is 12.4. The standard InChI is InChI=1S/C18H22N2/c1-15(2)19-14-20(18-12-8-5-9-13-18)16(3)17-10-6-4-7-11-17/h4-16H,1-3H3/b19-14-. The summed E-state index contributed by atoms with van der Waals surface area (Å²) in [6, 6.07) is 21.4. The Morgan fingerprint density at radius 1 is 0.850 bits per heavy atom. The Morgan fingerprint density at radius 3 is 1.95 bits per heavy atom. The molecule has 0 aliphatic carbocycles. The molecule has 2 heteroatoms. The summed E-state index contributed by atoms with van der Waals surface area (Å²) in [7, 11) is 0. The van der Waals surface area contributed by atoms with Crippen LogP contribution in [0.15, 0.2) is 65.7 Å². The third-order valence-corrected chi connectivity index (χ3v) is 3.24. The van der Waals surface area contributed by atoms with Gasteiger partial charge >= 0.3 is 0 Å². The van der Waals surface area contributed by atoms with Crippen LogP contribution in [0.5, 0.6) is 0 Å². The Kier molecular flexibility index (Phi) is 4.94. The number of hydrogen-bond acceptors (Lipinski definition) is 1. The molecule has 2 rings (SSSR count). The Balaban J connectivity index is 2.32. The van der Waals surface area contributed by atoms with Crippen molar-refractivity contribution in [3.8, 4) is 0 Å². The van der Waals surface area contributed by atoms with E-state index < -0.39 is 0 Å². The molecule has 0 radical (unpaired) electrons. The molecule has 0 aliphatic heterocycles. The van der Waals surface area contributed by atoms with Gasteiger partial charge in [0.05, 0.1) is 12.4 Å². The lowest BCUT2D eigenvalue weighted by Crippen LogP contribution is -2.25. The SMILES string of the molecule is CC(C)/N=C\N(c1ccccc1)C(C)c1ccccc1. The zero-order valence-corrected chi connectivity index (χ0v) is 12.4. The maximum atomic E-state index is 4.55. The third kappa shape index (κ3) is 3.70. The maximum absolute atomic E-state index is 4.55. The van der Waals surface area contributed by atoms with Crippen LogP contribution in [0.2, 0.25) is 0 Å². The van der Waals surface area contributed by atoms with Crippen molar-refractivity contribution >= 4 is 12.0 Å². The van der Waals surface area contributed by atoms with Gasteiger partial charge in [0, 0.05) is 11.7 Å². The van der Waals surface area contributed by atoms with Gasteiger partial charge in [0.15, 0.2) is 0 Å². The van der Waals surface area contributed by atoms with Crippen LogP contribution in [-0.2, 0) is 0 Å². The summed E-state index contributed by atoms with van der Waals surface area (Å²) in [6.07, 6.45) is 1.96. The van der Waals surface area contributed by atoms with E-state index in [0.717, 1.165) is 5.69 Å². The van der Waals surface area contributed by atoms with E-state index >= 15 is 0 Å². The molecule has 2 nitrogen and oxygen atoms in total. The fourth-order valence-corrected chi connectivity index (χ4v) is 2.09. The minimum absolute atomic E-state index is 0.251. The average molecular weight is 266 g/mol. The molecule has 20 heavy (non-hydrogen) atoms. The van der Waals surface area contributed by atoms with Crippen LogP contribution >= 0.6 is 0 Å². The van der Waals surface area contributed by atoms with Gasteiger partial charge in [-0.05, 0) is 38.5 Å². The van der Waals surface area contributed by atoms with E-state index in [4.69, 9.17) is 0 Å². The highest BCUT2D eigenvalue weighted by Gasteiger charge is 2.14. The van der Waals surface area contributed by atoms with Gasteiger partial charge in [0.2, 0.25) is 0 Å². The molecule has 0 saturated carbocycles. The molecule has 0 fully saturated rings. The molecule has 1 atom stereocenters. The van der Waals surface area contributed by atoms with E-state index in [1.807, 2.05) is 18.5 Å². The highest BCUT2D eigenvalue weighted by molar-refractivity contribution is 5.80. The first-order valence-electron chi connectivity index (χ1n) is 7.10. The van der Waals surface area contributed by atoms with Gasteiger partial charge in [0.1, 0.15) is 0 Å². The Bertz CT molecular complexity index is 532. The fourth-order valence-electron chi connectivity index (χ4n) is 2.09. The van der Waals surface area contributed by atoms with E-state index in [0.29, 0.717) is 6.04 Å². The summed E-state index contributed by atoms with van der Waals surface area (Å²) in [5.74, 6) is 0. The summed E-state index contributed by atoms with van der Waals surface area (Å²) < 4.78 is 0. The van der Waals surface area contributed by atoms with Crippen molar-refractivity contribution < 1.29 is 0 Å². The molecular formula is C18H22N2. The second kappa shape index (κ2) is 6.90. The van der Waals surface area contributed by atoms with E-state index in [-0.39, 0.29) is 6.04 Å². The number of benzene rings is 2. The lowest BCUT2D eigenvalue weighted by atomic mass is 10.1. The molecule has 2 aromatic rings. The summed E-state index contributed by atoms with van der Waals surface area (Å²) in [5.41, 5.74) is 2.44. The third-order valence-electron chi connectivity index (χ3n) is 3.24. The molecule has 0 amide bonds. The first-order chi connectivity index (χ1) is 9.68. The van der Waals surface area contributed by atoms with Crippen LogP contribution < -0.4 is 4.90 Å². The van der Waals surface area contributed by atoms with Crippen LogP contribution in [0, 0.1) is 0 Å². The van der Waals surface area contributed by atoms with Crippen LogP contribution in [0.25, 0.3) is 0 Å². The Morgan fingerprint density at radius 2 is 1.40 bits per heavy atom. The van der Waals surface area contributed by atoms with Crippen molar-refractivity contribution in [3.05, 3.63) is 66.2 Å². The summed E-state index contributed by atoms with van der Waals surface area (Å²) in [6.45, 7) is 6.38. The molecule has 2 aromatic carbocycles. The van der Waals surface area contributed by atoms with Gasteiger partial charge in [-0.3, -0.25) is 4.99 Å². The van der Waals surface area contributed by atoms with E-state index in [1.165, 1.54) is 5.56 Å². The van der Waals surface area contributed by atoms with Crippen LogP contribution in [0.1, 0.15) is 32.4 Å². The van der Waals surface area contributed by atoms with Gasteiger partial charge in [-0.2, -0.15) is 0 Å². The molecule has 0 aliphatic rings. The number of nitrogens with zero attached hydrogens (tertiary/aromatic N) is 2. The first kappa shape index (κ1) is 14.3. The molecule has 0 heterocycles. The second-order valence-electron chi connectivity index (χ2n) is 5.19. The van der Waals surface area contributed by atoms with Crippen molar-refractivity contribution in [1.82, 2.24) is 0 Å². The number of rotatable bonds is 5. The van der Waals surface area contributed by atoms with E-state index in [2.05, 4.69) is 79.2 Å². The summed E-state index contributed by atoms with van der Waals surface area (Å²) in [4.78, 5) is 6.77. The smallest absolute Gasteiger partial charge is 0.0903 e. The molecule has 0 spiro atoms. The molecule has 0 aromatic heterocycles. The van der Waals surface area contributed by atoms with Gasteiger partial charge in [-0.25, -0.2) is 0 Å². The number of para-hydroxylation sites is 1. The molecule has 0 N–H and O–H groups in total. The zero-order chi connectivity index (χ0) is 14.4. The molecular weight excluding hydrogens is 244 g/mol. The van der Waals surface area contributed by atoms with Crippen molar-refractivity contribution in [2.24, 2.45) is 4.99 Å². The predicted molar refractivity (Wildman–Crippen MR) is 87.4 cm³/mol. The summed E-state index contributed by atoms with van der Waals surface area (Å²) in [5, 5.41) is 0. The number of hydrogen-bond donors (Lipinski definition) is 0. The topological polar surface area (TPSA) is 15.6 Å². The van der Waals surface area contributed by atoms with Gasteiger partial charge in [0.25, 0.3) is 0 Å². The summed E-state index contributed by atoms with van der Waals surface area (Å²) >= 11 is 0. The van der Waals surface area contributed by atoms with Crippen molar-refractivity contribution in [3.63, 3.8) is 0 Å². The highest BCUT2D eigenvalue weighted by Crippen LogP contribution is 2.25. The molecule has 0 bridgehead atoms. The minimum atomic E-state index is 0.251. The molecule has 1 unspecified atom stereocenters. The van der Waals surface area contributed by atoms with E-state index in [1.54, 1.807) is 0 Å². The largest absolute Gasteiger partial charge is 0.326 e. The van der Waals surface area contributed by atoms with Gasteiger partial charge in [-0.1, -0.05) is 48.5 Å². The fraction of sp³-hybridized carbons (Fsp3) is 0.278. The first-order valence-corrected chi connectivity index (χ1v) is 7.10. The van der Waals surface area contributed by atoms with E-state index in [9.17, 15) is 0 Å². The van der Waals surface area contributed by atoms with Crippen LogP contribution in [-0.4, -0.2) is 12.4 Å². The monoisotopic (exact) mass is 266 g/mol. The lowest BCUT2D eigenvalue weighted by Gasteiger charge is -2.27. The number of anilines is 1. The second-order valence-corrected chi connectivity index (χ2v) is 5.19. The quantitative estimate of drug-likeness (QED) is 0.566. The van der Waals surface area contributed by atoms with Crippen LogP contribution in [0.4, 0.5) is 5.69 Å². The van der Waals surface area contributed by atoms with Crippen LogP contribution in [0.3, 0.4) is 0 Å². The van der Waals surface area contributed by atoms with Gasteiger partial charge < -0.3 is 4.90 Å². The maximum Gasteiger partial charge on any atom is 0.0903 e. The average Bonchev–Trinajstić information content (AvgIpc) is 2.49. The molecule has 104 valence electrons. The lowest BCUT2D eigenvalue weighted by molar-refractivity contribution is 0.781. The van der Waals surface area contributed by atoms with Crippen molar-refractivity contribution in [2.75, 3.05) is 4.90 Å². The number of aliphatic imine (C=N–C) groups is 1.